The third kappa shape index (κ3) is 7.77. The first-order valence-corrected chi connectivity index (χ1v) is 7.18. The molecule has 1 aliphatic heterocycles. The standard InChI is InChI=1S/C11H24N2.2C2H6/c1-10(2)7-9(13(5)6)8-11(3,4)12-10;2*1-2/h9,12H,7-8H2,1-6H3;2*1-2H3. The number of hydrogen-bond acceptors (Lipinski definition) is 2. The van der Waals surface area contributed by atoms with E-state index >= 15 is 0 Å². The summed E-state index contributed by atoms with van der Waals surface area (Å²) in [5.74, 6) is 0. The van der Waals surface area contributed by atoms with Crippen LogP contribution in [0.2, 0.25) is 0 Å². The van der Waals surface area contributed by atoms with E-state index in [0.29, 0.717) is 6.04 Å². The van der Waals surface area contributed by atoms with Crippen molar-refractivity contribution in [3.05, 3.63) is 0 Å². The van der Waals surface area contributed by atoms with Crippen molar-refractivity contribution >= 4 is 0 Å². The average Bonchev–Trinajstić information content (AvgIpc) is 2.19. The van der Waals surface area contributed by atoms with E-state index in [1.165, 1.54) is 12.8 Å². The van der Waals surface area contributed by atoms with Gasteiger partial charge in [-0.2, -0.15) is 0 Å². The van der Waals surface area contributed by atoms with Crippen LogP contribution in [0.4, 0.5) is 0 Å². The van der Waals surface area contributed by atoms with Gasteiger partial charge in [0.05, 0.1) is 0 Å². The number of nitrogens with one attached hydrogen (secondary N) is 1. The van der Waals surface area contributed by atoms with Crippen LogP contribution in [0, 0.1) is 0 Å². The molecule has 1 aliphatic rings. The first-order valence-electron chi connectivity index (χ1n) is 7.18. The van der Waals surface area contributed by atoms with E-state index in [1.54, 1.807) is 0 Å². The molecule has 1 N–H and O–H groups in total. The van der Waals surface area contributed by atoms with Crippen LogP contribution in [0.3, 0.4) is 0 Å². The molecule has 0 saturated carbocycles. The van der Waals surface area contributed by atoms with E-state index < -0.39 is 0 Å². The summed E-state index contributed by atoms with van der Waals surface area (Å²) in [6.45, 7) is 17.2. The summed E-state index contributed by atoms with van der Waals surface area (Å²) in [6, 6.07) is 0.714. The molecule has 1 heterocycles. The molecular formula is C15H36N2. The fourth-order valence-corrected chi connectivity index (χ4v) is 2.63. The van der Waals surface area contributed by atoms with Gasteiger partial charge in [-0.15, -0.1) is 0 Å². The Morgan fingerprint density at radius 2 is 1.12 bits per heavy atom. The van der Waals surface area contributed by atoms with E-state index in [9.17, 15) is 0 Å². The van der Waals surface area contributed by atoms with Gasteiger partial charge < -0.3 is 10.2 Å². The fraction of sp³-hybridized carbons (Fsp3) is 1.00. The molecule has 2 nitrogen and oxygen atoms in total. The number of hydrogen-bond donors (Lipinski definition) is 1. The summed E-state index contributed by atoms with van der Waals surface area (Å²) in [5, 5.41) is 3.69. The van der Waals surface area contributed by atoms with Crippen molar-refractivity contribution < 1.29 is 0 Å². The summed E-state index contributed by atoms with van der Waals surface area (Å²) >= 11 is 0. The molecule has 2 heteroatoms. The first-order chi connectivity index (χ1) is 7.72. The molecule has 106 valence electrons. The van der Waals surface area contributed by atoms with E-state index in [4.69, 9.17) is 0 Å². The first kappa shape index (κ1) is 19.3. The molecule has 0 aliphatic carbocycles. The normalized spacial score (nSPS) is 22.1. The highest BCUT2D eigenvalue weighted by atomic mass is 15.1. The molecule has 0 aromatic carbocycles. The molecule has 0 bridgehead atoms. The largest absolute Gasteiger partial charge is 0.307 e. The van der Waals surface area contributed by atoms with E-state index in [-0.39, 0.29) is 11.1 Å². The molecule has 0 spiro atoms. The summed E-state index contributed by atoms with van der Waals surface area (Å²) in [6.07, 6.45) is 2.48. The van der Waals surface area contributed by atoms with Gasteiger partial charge in [-0.25, -0.2) is 0 Å². The van der Waals surface area contributed by atoms with Gasteiger partial charge in [0.15, 0.2) is 0 Å². The van der Waals surface area contributed by atoms with Crippen molar-refractivity contribution in [2.24, 2.45) is 0 Å². The minimum Gasteiger partial charge on any atom is -0.307 e. The molecule has 0 aromatic rings. The topological polar surface area (TPSA) is 15.3 Å². The zero-order valence-electron chi connectivity index (χ0n) is 13.9. The minimum atomic E-state index is 0.274. The fourth-order valence-electron chi connectivity index (χ4n) is 2.63. The number of nitrogens with zero attached hydrogens (tertiary/aromatic N) is 1. The van der Waals surface area contributed by atoms with Crippen LogP contribution in [0.5, 0.6) is 0 Å². The Morgan fingerprint density at radius 1 is 0.824 bits per heavy atom. The van der Waals surface area contributed by atoms with Crippen molar-refractivity contribution in [2.75, 3.05) is 14.1 Å². The second-order valence-electron chi connectivity index (χ2n) is 5.92. The maximum atomic E-state index is 3.69. The number of rotatable bonds is 1. The van der Waals surface area contributed by atoms with Gasteiger partial charge in [-0.05, 0) is 54.6 Å². The molecular weight excluding hydrogens is 208 g/mol. The van der Waals surface area contributed by atoms with Crippen molar-refractivity contribution in [1.82, 2.24) is 10.2 Å². The summed E-state index contributed by atoms with van der Waals surface area (Å²) < 4.78 is 0. The highest BCUT2D eigenvalue weighted by Gasteiger charge is 2.38. The molecule has 0 unspecified atom stereocenters. The Hall–Kier alpha value is -0.0800. The van der Waals surface area contributed by atoms with Gasteiger partial charge >= 0.3 is 0 Å². The zero-order valence-corrected chi connectivity index (χ0v) is 13.9. The van der Waals surface area contributed by atoms with Gasteiger partial charge in [-0.3, -0.25) is 0 Å². The van der Waals surface area contributed by atoms with Crippen LogP contribution < -0.4 is 5.32 Å². The Bertz CT molecular complexity index is 167. The molecule has 0 radical (unpaired) electrons. The lowest BCUT2D eigenvalue weighted by Crippen LogP contribution is -2.61. The van der Waals surface area contributed by atoms with Crippen LogP contribution in [-0.4, -0.2) is 36.1 Å². The Balaban J connectivity index is 0. The Labute approximate surface area is 110 Å². The lowest BCUT2D eigenvalue weighted by Gasteiger charge is -2.48. The molecule has 0 aromatic heterocycles. The molecule has 1 saturated heterocycles. The molecule has 17 heavy (non-hydrogen) atoms. The third-order valence-corrected chi connectivity index (χ3v) is 2.90. The van der Waals surface area contributed by atoms with Gasteiger partial charge in [0.1, 0.15) is 0 Å². The third-order valence-electron chi connectivity index (χ3n) is 2.90. The van der Waals surface area contributed by atoms with Crippen LogP contribution >= 0.6 is 0 Å². The van der Waals surface area contributed by atoms with Crippen LogP contribution in [-0.2, 0) is 0 Å². The Kier molecular flexibility index (Phi) is 9.18. The average molecular weight is 244 g/mol. The second-order valence-corrected chi connectivity index (χ2v) is 5.92. The predicted octanol–water partition coefficient (Wildman–Crippen LogP) is 3.91. The molecule has 1 rings (SSSR count). The highest BCUT2D eigenvalue weighted by molar-refractivity contribution is 4.99. The highest BCUT2D eigenvalue weighted by Crippen LogP contribution is 2.30. The van der Waals surface area contributed by atoms with Crippen molar-refractivity contribution in [2.45, 2.75) is 85.4 Å². The lowest BCUT2D eigenvalue weighted by atomic mass is 9.79. The van der Waals surface area contributed by atoms with E-state index in [0.717, 1.165) is 0 Å². The second kappa shape index (κ2) is 8.10. The van der Waals surface area contributed by atoms with Crippen LogP contribution in [0.15, 0.2) is 0 Å². The van der Waals surface area contributed by atoms with Crippen LogP contribution in [0.1, 0.15) is 68.2 Å². The maximum absolute atomic E-state index is 3.69. The molecule has 0 amide bonds. The van der Waals surface area contributed by atoms with Crippen LogP contribution in [0.25, 0.3) is 0 Å². The SMILES string of the molecule is CC.CC.CN(C)C1CC(C)(C)NC(C)(C)C1. The van der Waals surface area contributed by atoms with Gasteiger partial charge in [0.2, 0.25) is 0 Å². The monoisotopic (exact) mass is 244 g/mol. The lowest BCUT2D eigenvalue weighted by molar-refractivity contribution is 0.0953. The Morgan fingerprint density at radius 3 is 1.35 bits per heavy atom. The van der Waals surface area contributed by atoms with E-state index in [1.807, 2.05) is 27.7 Å². The van der Waals surface area contributed by atoms with Crippen molar-refractivity contribution in [3.63, 3.8) is 0 Å². The molecule has 0 atom stereocenters. The van der Waals surface area contributed by atoms with Crippen molar-refractivity contribution in [1.29, 1.82) is 0 Å². The summed E-state index contributed by atoms with van der Waals surface area (Å²) in [5.41, 5.74) is 0.549. The molecule has 1 fully saturated rings. The van der Waals surface area contributed by atoms with Crippen molar-refractivity contribution in [3.8, 4) is 0 Å². The van der Waals surface area contributed by atoms with E-state index in [2.05, 4.69) is 52.0 Å². The van der Waals surface area contributed by atoms with Gasteiger partial charge in [0, 0.05) is 17.1 Å². The predicted molar refractivity (Wildman–Crippen MR) is 80.7 cm³/mol. The van der Waals surface area contributed by atoms with Gasteiger partial charge in [-0.1, -0.05) is 27.7 Å². The number of piperidine rings is 1. The summed E-state index contributed by atoms with van der Waals surface area (Å²) in [7, 11) is 4.37. The maximum Gasteiger partial charge on any atom is 0.0145 e. The zero-order chi connectivity index (χ0) is 14.3. The quantitative estimate of drug-likeness (QED) is 0.752. The summed E-state index contributed by atoms with van der Waals surface area (Å²) in [4.78, 5) is 2.35. The minimum absolute atomic E-state index is 0.274. The van der Waals surface area contributed by atoms with Gasteiger partial charge in [0.25, 0.3) is 0 Å². The smallest absolute Gasteiger partial charge is 0.0145 e.